The smallest absolute Gasteiger partial charge is 0.225 e. The second kappa shape index (κ2) is 3.55. The third kappa shape index (κ3) is 1.57. The molecule has 0 aliphatic carbocycles. The lowest BCUT2D eigenvalue weighted by Gasteiger charge is -2.23. The second-order valence-electron chi connectivity index (χ2n) is 3.85. The molecule has 2 unspecified atom stereocenters. The Morgan fingerprint density at radius 1 is 1.47 bits per heavy atom. The summed E-state index contributed by atoms with van der Waals surface area (Å²) < 4.78 is 0. The third-order valence-corrected chi connectivity index (χ3v) is 2.87. The van der Waals surface area contributed by atoms with E-state index in [1.165, 1.54) is 0 Å². The number of nitrogen functional groups attached to an aromatic ring is 1. The fourth-order valence-electron chi connectivity index (χ4n) is 2.04. The lowest BCUT2D eigenvalue weighted by Crippen LogP contribution is -2.26. The van der Waals surface area contributed by atoms with Crippen molar-refractivity contribution < 1.29 is 9.90 Å². The first-order valence-corrected chi connectivity index (χ1v) is 4.89. The van der Waals surface area contributed by atoms with E-state index >= 15 is 0 Å². The number of benzene rings is 1. The number of anilines is 1. The van der Waals surface area contributed by atoms with Crippen molar-refractivity contribution in [2.45, 2.75) is 18.6 Å². The Kier molecular flexibility index (Phi) is 2.36. The van der Waals surface area contributed by atoms with E-state index in [1.807, 2.05) is 18.2 Å². The van der Waals surface area contributed by atoms with E-state index in [1.54, 1.807) is 18.0 Å². The summed E-state index contributed by atoms with van der Waals surface area (Å²) in [5.74, 6) is -0.0456. The average Bonchev–Trinajstić information content (AvgIpc) is 2.43. The van der Waals surface area contributed by atoms with Gasteiger partial charge in [-0.2, -0.15) is 0 Å². The Labute approximate surface area is 88.3 Å². The summed E-state index contributed by atoms with van der Waals surface area (Å²) in [6.07, 6.45) is -0.484. The maximum atomic E-state index is 11.4. The van der Waals surface area contributed by atoms with Gasteiger partial charge in [0.15, 0.2) is 0 Å². The maximum absolute atomic E-state index is 11.4. The van der Waals surface area contributed by atoms with E-state index in [2.05, 4.69) is 0 Å². The molecule has 0 bridgehead atoms. The van der Waals surface area contributed by atoms with Gasteiger partial charge in [-0.1, -0.05) is 18.2 Å². The number of amides is 1. The van der Waals surface area contributed by atoms with Crippen molar-refractivity contribution >= 4 is 11.6 Å². The molecular weight excluding hydrogens is 192 g/mol. The number of hydrogen-bond acceptors (Lipinski definition) is 3. The van der Waals surface area contributed by atoms with Gasteiger partial charge >= 0.3 is 0 Å². The number of nitrogens with zero attached hydrogens (tertiary/aromatic N) is 1. The topological polar surface area (TPSA) is 66.6 Å². The van der Waals surface area contributed by atoms with E-state index in [-0.39, 0.29) is 18.4 Å². The number of nitrogens with two attached hydrogens (primary N) is 1. The lowest BCUT2D eigenvalue weighted by atomic mass is 10.0. The zero-order chi connectivity index (χ0) is 11.0. The van der Waals surface area contributed by atoms with Crippen LogP contribution in [0, 0.1) is 0 Å². The minimum Gasteiger partial charge on any atom is -0.398 e. The summed E-state index contributed by atoms with van der Waals surface area (Å²) in [5.41, 5.74) is 7.25. The normalized spacial score (nSPS) is 26.0. The average molecular weight is 206 g/mol. The van der Waals surface area contributed by atoms with Gasteiger partial charge in [-0.25, -0.2) is 0 Å². The van der Waals surface area contributed by atoms with Gasteiger partial charge in [-0.05, 0) is 6.07 Å². The van der Waals surface area contributed by atoms with E-state index in [0.29, 0.717) is 5.69 Å². The molecule has 4 heteroatoms. The molecule has 3 N–H and O–H groups in total. The standard InChI is InChI=1S/C11H14N2O2/c1-13-10(15)6-9(14)11(13)7-4-2-3-5-8(7)12/h2-5,9,11,14H,6,12H2,1H3. The highest BCUT2D eigenvalue weighted by Gasteiger charge is 2.37. The summed E-state index contributed by atoms with van der Waals surface area (Å²) >= 11 is 0. The fraction of sp³-hybridized carbons (Fsp3) is 0.364. The van der Waals surface area contributed by atoms with Crippen molar-refractivity contribution in [3.63, 3.8) is 0 Å². The molecule has 80 valence electrons. The van der Waals surface area contributed by atoms with Crippen LogP contribution < -0.4 is 5.73 Å². The molecule has 0 saturated carbocycles. The number of likely N-dealkylation sites (tertiary alicyclic amines) is 1. The molecule has 2 atom stereocenters. The zero-order valence-corrected chi connectivity index (χ0v) is 8.55. The first-order chi connectivity index (χ1) is 7.11. The molecule has 1 amide bonds. The molecule has 2 rings (SSSR count). The molecule has 1 aromatic carbocycles. The van der Waals surface area contributed by atoms with Crippen molar-refractivity contribution in [3.05, 3.63) is 29.8 Å². The summed E-state index contributed by atoms with van der Waals surface area (Å²) in [7, 11) is 1.69. The quantitative estimate of drug-likeness (QED) is 0.659. The van der Waals surface area contributed by atoms with Gasteiger partial charge in [0.05, 0.1) is 18.6 Å². The van der Waals surface area contributed by atoms with Crippen LogP contribution in [0.15, 0.2) is 24.3 Å². The highest BCUT2D eigenvalue weighted by molar-refractivity contribution is 5.80. The number of hydrogen-bond donors (Lipinski definition) is 2. The second-order valence-corrected chi connectivity index (χ2v) is 3.85. The first kappa shape index (κ1) is 9.98. The fourth-order valence-corrected chi connectivity index (χ4v) is 2.04. The van der Waals surface area contributed by atoms with Crippen molar-refractivity contribution in [3.8, 4) is 0 Å². The monoisotopic (exact) mass is 206 g/mol. The van der Waals surface area contributed by atoms with Crippen LogP contribution in [-0.4, -0.2) is 29.1 Å². The van der Waals surface area contributed by atoms with Gasteiger partial charge in [-0.15, -0.1) is 0 Å². The van der Waals surface area contributed by atoms with Crippen LogP contribution in [0.5, 0.6) is 0 Å². The van der Waals surface area contributed by atoms with E-state index in [0.717, 1.165) is 5.56 Å². The van der Waals surface area contributed by atoms with Gasteiger partial charge in [-0.3, -0.25) is 4.79 Å². The minimum absolute atomic E-state index is 0.0456. The Morgan fingerprint density at radius 3 is 2.67 bits per heavy atom. The van der Waals surface area contributed by atoms with Crippen molar-refractivity contribution in [2.24, 2.45) is 0 Å². The summed E-state index contributed by atoms with van der Waals surface area (Å²) in [4.78, 5) is 13.0. The van der Waals surface area contributed by atoms with Crippen molar-refractivity contribution in [1.82, 2.24) is 4.90 Å². The molecule has 1 aromatic rings. The predicted octanol–water partition coefficient (Wildman–Crippen LogP) is 0.533. The highest BCUT2D eigenvalue weighted by atomic mass is 16.3. The van der Waals surface area contributed by atoms with Crippen LogP contribution in [0.1, 0.15) is 18.0 Å². The molecule has 1 fully saturated rings. The molecular formula is C11H14N2O2. The first-order valence-electron chi connectivity index (χ1n) is 4.89. The van der Waals surface area contributed by atoms with Crippen LogP contribution in [0.3, 0.4) is 0 Å². The number of rotatable bonds is 1. The molecule has 0 radical (unpaired) electrons. The van der Waals surface area contributed by atoms with E-state index < -0.39 is 6.10 Å². The number of para-hydroxylation sites is 1. The Hall–Kier alpha value is -1.55. The van der Waals surface area contributed by atoms with Crippen LogP contribution >= 0.6 is 0 Å². The largest absolute Gasteiger partial charge is 0.398 e. The maximum Gasteiger partial charge on any atom is 0.225 e. The Bertz CT molecular complexity index is 392. The zero-order valence-electron chi connectivity index (χ0n) is 8.55. The number of carbonyl (C=O) groups is 1. The predicted molar refractivity (Wildman–Crippen MR) is 57.0 cm³/mol. The number of likely N-dealkylation sites (N-methyl/N-ethyl adjacent to an activating group) is 1. The molecule has 4 nitrogen and oxygen atoms in total. The van der Waals surface area contributed by atoms with Crippen molar-refractivity contribution in [2.75, 3.05) is 12.8 Å². The van der Waals surface area contributed by atoms with Gasteiger partial charge in [0, 0.05) is 18.3 Å². The van der Waals surface area contributed by atoms with Gasteiger partial charge in [0.1, 0.15) is 0 Å². The molecule has 1 aliphatic heterocycles. The minimum atomic E-state index is -0.660. The number of carbonyl (C=O) groups excluding carboxylic acids is 1. The summed E-state index contributed by atoms with van der Waals surface area (Å²) in [6, 6.07) is 7.01. The molecule has 1 aliphatic rings. The van der Waals surface area contributed by atoms with Crippen LogP contribution in [0.25, 0.3) is 0 Å². The van der Waals surface area contributed by atoms with E-state index in [9.17, 15) is 9.90 Å². The highest BCUT2D eigenvalue weighted by Crippen LogP contribution is 2.34. The van der Waals surface area contributed by atoms with Gasteiger partial charge in [0.25, 0.3) is 0 Å². The number of aliphatic hydroxyl groups is 1. The number of aliphatic hydroxyl groups excluding tert-OH is 1. The SMILES string of the molecule is CN1C(=O)CC(O)C1c1ccccc1N. The molecule has 1 saturated heterocycles. The van der Waals surface area contributed by atoms with Crippen LogP contribution in [0.4, 0.5) is 5.69 Å². The summed E-state index contributed by atoms with van der Waals surface area (Å²) in [5, 5.41) is 9.79. The molecule has 1 heterocycles. The summed E-state index contributed by atoms with van der Waals surface area (Å²) in [6.45, 7) is 0. The molecule has 15 heavy (non-hydrogen) atoms. The van der Waals surface area contributed by atoms with Crippen molar-refractivity contribution in [1.29, 1.82) is 0 Å². The van der Waals surface area contributed by atoms with Gasteiger partial charge < -0.3 is 15.7 Å². The van der Waals surface area contributed by atoms with E-state index in [4.69, 9.17) is 5.73 Å². The lowest BCUT2D eigenvalue weighted by molar-refractivity contribution is -0.127. The van der Waals surface area contributed by atoms with Gasteiger partial charge in [0.2, 0.25) is 5.91 Å². The Morgan fingerprint density at radius 2 is 2.13 bits per heavy atom. The molecule has 0 aromatic heterocycles. The third-order valence-electron chi connectivity index (χ3n) is 2.87. The van der Waals surface area contributed by atoms with Crippen LogP contribution in [0.2, 0.25) is 0 Å². The van der Waals surface area contributed by atoms with Crippen LogP contribution in [-0.2, 0) is 4.79 Å². The molecule has 0 spiro atoms. The Balaban J connectivity index is 2.39.